The lowest BCUT2D eigenvalue weighted by molar-refractivity contribution is 0.00647. The quantitative estimate of drug-likeness (QED) is 0.389. The maximum Gasteiger partial charge on any atom is 0.134 e. The average molecular weight is 582 g/mol. The van der Waals surface area contributed by atoms with Crippen LogP contribution in [0.2, 0.25) is 0 Å². The van der Waals surface area contributed by atoms with Gasteiger partial charge in [-0.1, -0.05) is 38.8 Å². The molecule has 2 aromatic rings. The Hall–Kier alpha value is -1.08. The summed E-state index contributed by atoms with van der Waals surface area (Å²) in [5.41, 5.74) is 2.08. The van der Waals surface area contributed by atoms with E-state index in [9.17, 15) is 10.2 Å². The summed E-state index contributed by atoms with van der Waals surface area (Å²) >= 11 is 7.37. The number of ether oxygens (including phenoxy) is 2. The molecule has 0 bridgehead atoms. The fourth-order valence-corrected chi connectivity index (χ4v) is 5.84. The topological polar surface area (TPSA) is 58.9 Å². The third kappa shape index (κ3) is 5.77. The molecule has 2 aliphatic rings. The van der Waals surface area contributed by atoms with Crippen molar-refractivity contribution >= 4 is 31.9 Å². The van der Waals surface area contributed by atoms with E-state index in [0.29, 0.717) is 0 Å². The first-order valence-corrected chi connectivity index (χ1v) is 13.6. The monoisotopic (exact) mass is 580 g/mol. The van der Waals surface area contributed by atoms with Crippen LogP contribution in [-0.2, 0) is 5.41 Å². The van der Waals surface area contributed by atoms with Crippen LogP contribution >= 0.6 is 31.9 Å². The molecule has 4 nitrogen and oxygen atoms in total. The van der Waals surface area contributed by atoms with E-state index in [0.717, 1.165) is 82.9 Å². The van der Waals surface area contributed by atoms with Gasteiger partial charge in [-0.3, -0.25) is 0 Å². The van der Waals surface area contributed by atoms with E-state index in [4.69, 9.17) is 9.47 Å². The van der Waals surface area contributed by atoms with Crippen molar-refractivity contribution < 1.29 is 19.7 Å². The van der Waals surface area contributed by atoms with Crippen molar-refractivity contribution in [1.29, 1.82) is 0 Å². The molecule has 0 spiro atoms. The summed E-state index contributed by atoms with van der Waals surface area (Å²) in [6.45, 7) is 4.40. The number of hydrogen-bond acceptors (Lipinski definition) is 4. The van der Waals surface area contributed by atoms with E-state index in [1.807, 2.05) is 12.1 Å². The molecule has 4 unspecified atom stereocenters. The Bertz CT molecular complexity index is 886. The highest BCUT2D eigenvalue weighted by atomic mass is 79.9. The van der Waals surface area contributed by atoms with Crippen molar-refractivity contribution in [2.75, 3.05) is 0 Å². The molecule has 33 heavy (non-hydrogen) atoms. The molecule has 180 valence electrons. The van der Waals surface area contributed by atoms with E-state index in [1.165, 1.54) is 0 Å². The first kappa shape index (κ1) is 25.0. The predicted molar refractivity (Wildman–Crippen MR) is 138 cm³/mol. The molecule has 0 heterocycles. The van der Waals surface area contributed by atoms with E-state index < -0.39 is 12.2 Å². The molecule has 0 aliphatic heterocycles. The molecule has 4 rings (SSSR count). The Labute approximate surface area is 214 Å². The third-order valence-electron chi connectivity index (χ3n) is 7.20. The summed E-state index contributed by atoms with van der Waals surface area (Å²) in [5, 5.41) is 20.5. The number of aliphatic hydroxyl groups excluding tert-OH is 2. The average Bonchev–Trinajstić information content (AvgIpc) is 2.79. The molecule has 4 atom stereocenters. The van der Waals surface area contributed by atoms with Gasteiger partial charge in [0.05, 0.1) is 21.2 Å². The zero-order valence-corrected chi connectivity index (χ0v) is 22.6. The summed E-state index contributed by atoms with van der Waals surface area (Å²) in [6.07, 6.45) is 6.65. The summed E-state index contributed by atoms with van der Waals surface area (Å²) in [5.74, 6) is 1.55. The van der Waals surface area contributed by atoms with Gasteiger partial charge >= 0.3 is 0 Å². The molecule has 2 aliphatic carbocycles. The van der Waals surface area contributed by atoms with Crippen LogP contribution in [0.3, 0.4) is 0 Å². The number of aliphatic hydroxyl groups is 2. The van der Waals surface area contributed by atoms with Crippen LogP contribution in [0.25, 0.3) is 0 Å². The van der Waals surface area contributed by atoms with Gasteiger partial charge in [0.1, 0.15) is 23.7 Å². The van der Waals surface area contributed by atoms with Crippen LogP contribution in [0, 0.1) is 0 Å². The van der Waals surface area contributed by atoms with E-state index in [1.54, 1.807) is 0 Å². The molecule has 0 aromatic heterocycles. The number of rotatable bonds is 6. The van der Waals surface area contributed by atoms with Crippen molar-refractivity contribution in [3.8, 4) is 11.5 Å². The van der Waals surface area contributed by atoms with Gasteiger partial charge in [0.2, 0.25) is 0 Å². The van der Waals surface area contributed by atoms with Crippen LogP contribution in [0.15, 0.2) is 45.3 Å². The van der Waals surface area contributed by atoms with Gasteiger partial charge < -0.3 is 19.7 Å². The fourth-order valence-electron chi connectivity index (χ4n) is 4.89. The largest absolute Gasteiger partial charge is 0.487 e. The van der Waals surface area contributed by atoms with Crippen molar-refractivity contribution in [3.05, 3.63) is 56.5 Å². The SMILES string of the molecule is CC(C)(c1ccc(OC2CCCCC2O)c(Br)c1)c1ccc(OC2CCCCC2O)c(Br)c1. The van der Waals surface area contributed by atoms with Crippen LogP contribution < -0.4 is 9.47 Å². The maximum absolute atomic E-state index is 10.3. The number of halogens is 2. The highest BCUT2D eigenvalue weighted by Gasteiger charge is 2.29. The Morgan fingerprint density at radius 3 is 1.45 bits per heavy atom. The predicted octanol–water partition coefficient (Wildman–Crippen LogP) is 6.90. The third-order valence-corrected chi connectivity index (χ3v) is 8.44. The smallest absolute Gasteiger partial charge is 0.134 e. The second-order valence-electron chi connectivity index (χ2n) is 9.93. The Balaban J connectivity index is 1.50. The molecule has 6 heteroatoms. The maximum atomic E-state index is 10.3. The van der Waals surface area contributed by atoms with Gasteiger partial charge in [-0.25, -0.2) is 0 Å². The minimum absolute atomic E-state index is 0.139. The zero-order valence-electron chi connectivity index (χ0n) is 19.4. The molecule has 2 saturated carbocycles. The summed E-state index contributed by atoms with van der Waals surface area (Å²) in [7, 11) is 0. The molecule has 0 saturated heterocycles. The fraction of sp³-hybridized carbons (Fsp3) is 0.556. The van der Waals surface area contributed by atoms with Crippen LogP contribution in [0.4, 0.5) is 0 Å². The molecule has 2 aromatic carbocycles. The van der Waals surface area contributed by atoms with Crippen molar-refractivity contribution in [3.63, 3.8) is 0 Å². The Kier molecular flexibility index (Phi) is 8.10. The lowest BCUT2D eigenvalue weighted by atomic mass is 9.78. The first-order valence-electron chi connectivity index (χ1n) is 12.0. The Morgan fingerprint density at radius 1 is 0.697 bits per heavy atom. The first-order chi connectivity index (χ1) is 15.8. The molecule has 2 fully saturated rings. The number of hydrogen-bond donors (Lipinski definition) is 2. The van der Waals surface area contributed by atoms with E-state index in [2.05, 4.69) is 70.0 Å². The van der Waals surface area contributed by atoms with Gasteiger partial charge in [0, 0.05) is 5.41 Å². The minimum atomic E-state index is -0.394. The second-order valence-corrected chi connectivity index (χ2v) is 11.6. The van der Waals surface area contributed by atoms with Crippen LogP contribution in [0.5, 0.6) is 11.5 Å². The van der Waals surface area contributed by atoms with Gasteiger partial charge in [0.25, 0.3) is 0 Å². The highest BCUT2D eigenvalue weighted by Crippen LogP contribution is 2.40. The molecule has 0 amide bonds. The lowest BCUT2D eigenvalue weighted by Gasteiger charge is -2.31. The van der Waals surface area contributed by atoms with E-state index >= 15 is 0 Å². The molecular weight excluding hydrogens is 548 g/mol. The standard InChI is InChI=1S/C27H34Br2O4/c1-27(2,17-11-13-23(19(28)15-17)32-25-9-5-3-7-21(25)30)18-12-14-24(20(29)16-18)33-26-10-6-4-8-22(26)31/h11-16,21-22,25-26,30-31H,3-10H2,1-2H3. The van der Waals surface area contributed by atoms with Crippen LogP contribution in [0.1, 0.15) is 76.3 Å². The molecule has 2 N–H and O–H groups in total. The molecular formula is C27H34Br2O4. The van der Waals surface area contributed by atoms with Crippen molar-refractivity contribution in [2.24, 2.45) is 0 Å². The summed E-state index contributed by atoms with van der Waals surface area (Å²) < 4.78 is 14.1. The van der Waals surface area contributed by atoms with Gasteiger partial charge in [-0.05, 0) is 106 Å². The van der Waals surface area contributed by atoms with Crippen molar-refractivity contribution in [1.82, 2.24) is 0 Å². The number of benzene rings is 2. The van der Waals surface area contributed by atoms with Crippen LogP contribution in [-0.4, -0.2) is 34.6 Å². The van der Waals surface area contributed by atoms with E-state index in [-0.39, 0.29) is 17.6 Å². The highest BCUT2D eigenvalue weighted by molar-refractivity contribution is 9.10. The second kappa shape index (κ2) is 10.7. The Morgan fingerprint density at radius 2 is 1.09 bits per heavy atom. The minimum Gasteiger partial charge on any atom is -0.487 e. The summed E-state index contributed by atoms with van der Waals surface area (Å²) in [6, 6.07) is 12.4. The molecule has 0 radical (unpaired) electrons. The van der Waals surface area contributed by atoms with Crippen molar-refractivity contribution in [2.45, 2.75) is 95.0 Å². The lowest BCUT2D eigenvalue weighted by Crippen LogP contribution is -2.34. The normalized spacial score (nSPS) is 26.1. The van der Waals surface area contributed by atoms with Gasteiger partial charge in [0.15, 0.2) is 0 Å². The zero-order chi connectivity index (χ0) is 23.6. The van der Waals surface area contributed by atoms with Gasteiger partial charge in [-0.15, -0.1) is 0 Å². The van der Waals surface area contributed by atoms with Gasteiger partial charge in [-0.2, -0.15) is 0 Å². The summed E-state index contributed by atoms with van der Waals surface area (Å²) in [4.78, 5) is 0.